The minimum absolute atomic E-state index is 0.148. The summed E-state index contributed by atoms with van der Waals surface area (Å²) in [7, 11) is 0. The van der Waals surface area contributed by atoms with Crippen molar-refractivity contribution in [2.45, 2.75) is 65.5 Å². The molecule has 0 aliphatic heterocycles. The molecule has 3 heteroatoms. The van der Waals surface area contributed by atoms with Crippen LogP contribution >= 0.6 is 0 Å². The average molecular weight is 266 g/mol. The molecule has 2 nitrogen and oxygen atoms in total. The van der Waals surface area contributed by atoms with Crippen LogP contribution in [0.15, 0.2) is 6.99 Å². The van der Waals surface area contributed by atoms with Gasteiger partial charge in [0.25, 0.3) is 0 Å². The Morgan fingerprint density at radius 3 is 1.38 bits per heavy atom. The van der Waals surface area contributed by atoms with Crippen molar-refractivity contribution >= 4 is 0 Å². The Morgan fingerprint density at radius 2 is 1.15 bits per heavy atom. The summed E-state index contributed by atoms with van der Waals surface area (Å²) in [4.78, 5) is 0. The second-order valence-electron chi connectivity index (χ2n) is 4.60. The van der Waals surface area contributed by atoms with E-state index in [1.54, 1.807) is 0 Å². The van der Waals surface area contributed by atoms with Crippen LogP contribution < -0.4 is 0 Å². The molecule has 0 saturated carbocycles. The Labute approximate surface area is 90.8 Å². The van der Waals surface area contributed by atoms with Gasteiger partial charge in [-0.25, -0.2) is 0 Å². The Morgan fingerprint density at radius 1 is 0.846 bits per heavy atom. The molecule has 0 aromatic rings. The van der Waals surface area contributed by atoms with Crippen molar-refractivity contribution in [3.8, 4) is 0 Å². The maximum absolute atomic E-state index is 4.67. The van der Waals surface area contributed by atoms with Crippen LogP contribution in [0.2, 0.25) is 0 Å². The van der Waals surface area contributed by atoms with Gasteiger partial charge in [-0.2, -0.15) is 0 Å². The van der Waals surface area contributed by atoms with E-state index in [1.807, 2.05) is 0 Å². The van der Waals surface area contributed by atoms with Crippen LogP contribution in [0, 0.1) is 0 Å². The first-order valence-electron chi connectivity index (χ1n) is 4.93. The molecule has 0 heterocycles. The summed E-state index contributed by atoms with van der Waals surface area (Å²) in [6, 6.07) is 0. The summed E-state index contributed by atoms with van der Waals surface area (Å²) in [5.41, 5.74) is 0.297. The van der Waals surface area contributed by atoms with Gasteiger partial charge in [0.2, 0.25) is 0 Å². The van der Waals surface area contributed by atoms with E-state index in [2.05, 4.69) is 48.5 Å². The quantitative estimate of drug-likeness (QED) is 0.691. The van der Waals surface area contributed by atoms with Crippen molar-refractivity contribution in [3.63, 3.8) is 0 Å². The van der Waals surface area contributed by atoms with Crippen molar-refractivity contribution in [2.24, 2.45) is 6.99 Å². The Kier molecular flexibility index (Phi) is 5.36. The minimum atomic E-state index is -0.492. The van der Waals surface area contributed by atoms with E-state index in [0.717, 1.165) is 12.8 Å². The summed E-state index contributed by atoms with van der Waals surface area (Å²) in [5, 5.41) is 0. The van der Waals surface area contributed by atoms with Gasteiger partial charge in [-0.05, 0) is 0 Å². The van der Waals surface area contributed by atoms with Gasteiger partial charge in [-0.3, -0.25) is 0 Å². The molecule has 0 aliphatic rings. The molecular formula is C10H22MoN2+2. The standard InChI is InChI=1S/2C5H11N.Mo/c2*1-4-5(2,3)6;/h2*4H2,1-3H3;/q;;+2. The molecule has 0 radical (unpaired) electrons. The number of rotatable bonds is 4. The Bertz CT molecular complexity index is 193. The summed E-state index contributed by atoms with van der Waals surface area (Å²) in [6.45, 7) is 13.1. The van der Waals surface area contributed by atoms with Gasteiger partial charge < -0.3 is 0 Å². The van der Waals surface area contributed by atoms with Gasteiger partial charge in [-0.15, -0.1) is 0 Å². The second kappa shape index (κ2) is 5.24. The maximum atomic E-state index is 4.67. The third-order valence-electron chi connectivity index (χ3n) is 2.31. The molecule has 0 aliphatic carbocycles. The Hall–Kier alpha value is 0.288. The van der Waals surface area contributed by atoms with Crippen LogP contribution in [0.3, 0.4) is 0 Å². The topological polar surface area (TPSA) is 24.7 Å². The van der Waals surface area contributed by atoms with Gasteiger partial charge >= 0.3 is 90.7 Å². The zero-order valence-electron chi connectivity index (χ0n) is 9.72. The van der Waals surface area contributed by atoms with E-state index >= 15 is 0 Å². The first-order chi connectivity index (χ1) is 5.83. The molecule has 76 valence electrons. The second-order valence-corrected chi connectivity index (χ2v) is 5.90. The molecule has 13 heavy (non-hydrogen) atoms. The van der Waals surface area contributed by atoms with E-state index in [4.69, 9.17) is 0 Å². The molecule has 0 aromatic heterocycles. The van der Waals surface area contributed by atoms with Crippen molar-refractivity contribution in [2.75, 3.05) is 0 Å². The fourth-order valence-corrected chi connectivity index (χ4v) is 2.19. The number of nitrogens with zero attached hydrogens (tertiary/aromatic N) is 2. The summed E-state index contributed by atoms with van der Waals surface area (Å²) in [5.74, 6) is 0. The van der Waals surface area contributed by atoms with Gasteiger partial charge in [0.05, 0.1) is 0 Å². The fraction of sp³-hybridized carbons (Fsp3) is 1.00. The van der Waals surface area contributed by atoms with Gasteiger partial charge in [0, 0.05) is 0 Å². The number of hydrogen-bond donors (Lipinski definition) is 0. The van der Waals surface area contributed by atoms with Crippen LogP contribution in [0.25, 0.3) is 0 Å². The van der Waals surface area contributed by atoms with Crippen LogP contribution in [0.1, 0.15) is 54.4 Å². The van der Waals surface area contributed by atoms with Crippen molar-refractivity contribution < 1.29 is 18.2 Å². The van der Waals surface area contributed by atoms with E-state index in [0.29, 0.717) is 0 Å². The van der Waals surface area contributed by atoms with Crippen molar-refractivity contribution in [1.82, 2.24) is 0 Å². The molecule has 0 rings (SSSR count). The molecule has 0 aromatic carbocycles. The van der Waals surface area contributed by atoms with Crippen molar-refractivity contribution in [1.29, 1.82) is 0 Å². The predicted octanol–water partition coefficient (Wildman–Crippen LogP) is 3.81. The number of hydrogen-bond acceptors (Lipinski definition) is 2. The molecule has 0 spiro atoms. The molecule has 0 bridgehead atoms. The van der Waals surface area contributed by atoms with E-state index in [1.165, 1.54) is 0 Å². The summed E-state index contributed by atoms with van der Waals surface area (Å²) >= 11 is -0.492. The molecule has 0 saturated heterocycles. The van der Waals surface area contributed by atoms with Crippen LogP contribution in [-0.2, 0) is 18.2 Å². The van der Waals surface area contributed by atoms with Gasteiger partial charge in [0.15, 0.2) is 0 Å². The van der Waals surface area contributed by atoms with Crippen molar-refractivity contribution in [3.05, 3.63) is 0 Å². The average Bonchev–Trinajstić information content (AvgIpc) is 2.04. The first-order valence-corrected chi connectivity index (χ1v) is 6.73. The van der Waals surface area contributed by atoms with Crippen LogP contribution in [-0.4, -0.2) is 11.1 Å². The third kappa shape index (κ3) is 6.37. The SMILES string of the molecule is CCC(C)(C)[N]=[Mo+2]=[N]C(C)(C)CC. The molecule has 0 fully saturated rings. The first kappa shape index (κ1) is 13.3. The molecule has 0 N–H and O–H groups in total. The zero-order valence-corrected chi connectivity index (χ0v) is 11.7. The Balaban J connectivity index is 4.42. The normalized spacial score (nSPS) is 12.2. The molecular weight excluding hydrogens is 244 g/mol. The molecule has 0 atom stereocenters. The fourth-order valence-electron chi connectivity index (χ4n) is 0.371. The summed E-state index contributed by atoms with van der Waals surface area (Å²) < 4.78 is 9.34. The zero-order chi connectivity index (χ0) is 10.5. The summed E-state index contributed by atoms with van der Waals surface area (Å²) in [6.07, 6.45) is 2.22. The van der Waals surface area contributed by atoms with Crippen LogP contribution in [0.5, 0.6) is 0 Å². The third-order valence-corrected chi connectivity index (χ3v) is 5.14. The van der Waals surface area contributed by atoms with Gasteiger partial charge in [0.1, 0.15) is 0 Å². The van der Waals surface area contributed by atoms with Crippen LogP contribution in [0.4, 0.5) is 0 Å². The van der Waals surface area contributed by atoms with Gasteiger partial charge in [-0.1, -0.05) is 0 Å². The molecule has 0 unspecified atom stereocenters. The van der Waals surface area contributed by atoms with E-state index in [9.17, 15) is 0 Å². The molecule has 0 amide bonds. The monoisotopic (exact) mass is 268 g/mol. The van der Waals surface area contributed by atoms with E-state index in [-0.39, 0.29) is 11.1 Å². The van der Waals surface area contributed by atoms with E-state index < -0.39 is 18.2 Å². The predicted molar refractivity (Wildman–Crippen MR) is 53.6 cm³/mol.